The number of aliphatic hydroxyl groups excluding tert-OH is 1. The fraction of sp³-hybridized carbons (Fsp3) is 0.455. The third kappa shape index (κ3) is 6.01. The molecule has 0 rings (SSSR count). The van der Waals surface area contributed by atoms with Gasteiger partial charge in [0.1, 0.15) is 6.10 Å². The van der Waals surface area contributed by atoms with E-state index >= 15 is 0 Å². The molecule has 0 fully saturated rings. The molecule has 0 aliphatic rings. The van der Waals surface area contributed by atoms with Crippen molar-refractivity contribution in [1.29, 1.82) is 0 Å². The number of hydrogen-bond donors (Lipinski definition) is 1. The number of rotatable bonds is 3. The lowest BCUT2D eigenvalue weighted by molar-refractivity contribution is 0.236. The van der Waals surface area contributed by atoms with Crippen molar-refractivity contribution in [3.8, 4) is 11.8 Å². The van der Waals surface area contributed by atoms with E-state index in [2.05, 4.69) is 18.4 Å². The second-order valence-electron chi connectivity index (χ2n) is 2.77. The van der Waals surface area contributed by atoms with E-state index in [9.17, 15) is 5.11 Å². The highest BCUT2D eigenvalue weighted by Crippen LogP contribution is 2.00. The zero-order valence-electron chi connectivity index (χ0n) is 8.42. The van der Waals surface area contributed by atoms with E-state index in [1.165, 1.54) is 6.26 Å². The monoisotopic (exact) mass is 180 g/mol. The van der Waals surface area contributed by atoms with Crippen molar-refractivity contribution in [3.05, 3.63) is 24.0 Å². The molecule has 1 N–H and O–H groups in total. The molecular weight excluding hydrogens is 164 g/mol. The van der Waals surface area contributed by atoms with E-state index < -0.39 is 6.10 Å². The molecule has 2 nitrogen and oxygen atoms in total. The van der Waals surface area contributed by atoms with Gasteiger partial charge in [-0.3, -0.25) is 0 Å². The van der Waals surface area contributed by atoms with Crippen molar-refractivity contribution in [2.24, 2.45) is 0 Å². The number of hydrogen-bond acceptors (Lipinski definition) is 2. The van der Waals surface area contributed by atoms with E-state index in [-0.39, 0.29) is 0 Å². The lowest BCUT2D eigenvalue weighted by Crippen LogP contribution is -2.05. The van der Waals surface area contributed by atoms with Crippen LogP contribution in [0.25, 0.3) is 0 Å². The predicted molar refractivity (Wildman–Crippen MR) is 54.0 cm³/mol. The standard InChI is InChI=1S/C11H16O2/c1-5-13-8-10(4)11(12)7-6-9(2)3/h8,11-12H,2,5H2,1,3-4H3/b10-8-. The molecule has 1 atom stereocenters. The SMILES string of the molecule is C=C(C)C#CC(O)/C(C)=C\OCC. The predicted octanol–water partition coefficient (Wildman–Crippen LogP) is 1.87. The van der Waals surface area contributed by atoms with Crippen molar-refractivity contribution in [3.63, 3.8) is 0 Å². The molecule has 0 aliphatic heterocycles. The highest BCUT2D eigenvalue weighted by molar-refractivity contribution is 5.28. The van der Waals surface area contributed by atoms with Crippen molar-refractivity contribution in [2.75, 3.05) is 6.61 Å². The molecule has 0 spiro atoms. The first kappa shape index (κ1) is 11.8. The van der Waals surface area contributed by atoms with Crippen LogP contribution in [0.2, 0.25) is 0 Å². The molecular formula is C11H16O2. The van der Waals surface area contributed by atoms with Gasteiger partial charge in [0.05, 0.1) is 12.9 Å². The molecule has 13 heavy (non-hydrogen) atoms. The second-order valence-corrected chi connectivity index (χ2v) is 2.77. The van der Waals surface area contributed by atoms with E-state index in [0.29, 0.717) is 12.2 Å². The average molecular weight is 180 g/mol. The Hall–Kier alpha value is -1.20. The Bertz CT molecular complexity index is 253. The summed E-state index contributed by atoms with van der Waals surface area (Å²) in [4.78, 5) is 0. The maximum atomic E-state index is 9.43. The molecule has 72 valence electrons. The van der Waals surface area contributed by atoms with Gasteiger partial charge in [-0.25, -0.2) is 0 Å². The molecule has 0 radical (unpaired) electrons. The smallest absolute Gasteiger partial charge is 0.139 e. The first-order valence-electron chi connectivity index (χ1n) is 4.21. The molecule has 0 saturated carbocycles. The van der Waals surface area contributed by atoms with Crippen LogP contribution >= 0.6 is 0 Å². The van der Waals surface area contributed by atoms with Gasteiger partial charge in [0.25, 0.3) is 0 Å². The van der Waals surface area contributed by atoms with Gasteiger partial charge < -0.3 is 9.84 Å². The van der Waals surface area contributed by atoms with Crippen molar-refractivity contribution in [2.45, 2.75) is 26.9 Å². The summed E-state index contributed by atoms with van der Waals surface area (Å²) in [6, 6.07) is 0. The zero-order valence-corrected chi connectivity index (χ0v) is 8.42. The summed E-state index contributed by atoms with van der Waals surface area (Å²) in [5.74, 6) is 5.36. The Kier molecular flexibility index (Phi) is 5.75. The van der Waals surface area contributed by atoms with Crippen molar-refractivity contribution in [1.82, 2.24) is 0 Å². The summed E-state index contributed by atoms with van der Waals surface area (Å²) in [7, 11) is 0. The van der Waals surface area contributed by atoms with Gasteiger partial charge in [-0.2, -0.15) is 0 Å². The molecule has 0 saturated heterocycles. The van der Waals surface area contributed by atoms with Crippen LogP contribution in [-0.2, 0) is 4.74 Å². The van der Waals surface area contributed by atoms with Gasteiger partial charge in [-0.15, -0.1) is 0 Å². The Morgan fingerprint density at radius 1 is 1.62 bits per heavy atom. The lowest BCUT2D eigenvalue weighted by atomic mass is 10.2. The van der Waals surface area contributed by atoms with E-state index in [1.807, 2.05) is 6.92 Å². The Balaban J connectivity index is 4.20. The van der Waals surface area contributed by atoms with Crippen molar-refractivity contribution < 1.29 is 9.84 Å². The first-order chi connectivity index (χ1) is 6.07. The average Bonchev–Trinajstić information content (AvgIpc) is 2.10. The van der Waals surface area contributed by atoms with Crippen molar-refractivity contribution >= 4 is 0 Å². The third-order valence-electron chi connectivity index (χ3n) is 1.29. The van der Waals surface area contributed by atoms with E-state index in [0.717, 1.165) is 5.57 Å². The minimum atomic E-state index is -0.761. The molecule has 0 aromatic carbocycles. The van der Waals surface area contributed by atoms with Crippen LogP contribution in [-0.4, -0.2) is 17.8 Å². The summed E-state index contributed by atoms with van der Waals surface area (Å²) < 4.78 is 5.01. The van der Waals surface area contributed by atoms with Crippen LogP contribution in [0, 0.1) is 11.8 Å². The summed E-state index contributed by atoms with van der Waals surface area (Å²) in [6.07, 6.45) is 0.765. The van der Waals surface area contributed by atoms with Gasteiger partial charge in [0.2, 0.25) is 0 Å². The highest BCUT2D eigenvalue weighted by atomic mass is 16.5. The largest absolute Gasteiger partial charge is 0.501 e. The number of ether oxygens (including phenoxy) is 1. The molecule has 0 amide bonds. The fourth-order valence-electron chi connectivity index (χ4n) is 0.585. The zero-order chi connectivity index (χ0) is 10.3. The quantitative estimate of drug-likeness (QED) is 0.530. The van der Waals surface area contributed by atoms with Gasteiger partial charge in [0.15, 0.2) is 0 Å². The van der Waals surface area contributed by atoms with Gasteiger partial charge in [0, 0.05) is 5.57 Å². The van der Waals surface area contributed by atoms with Crippen LogP contribution in [0.15, 0.2) is 24.0 Å². The molecule has 0 aromatic rings. The summed E-state index contributed by atoms with van der Waals surface area (Å²) in [5.41, 5.74) is 1.44. The van der Waals surface area contributed by atoms with Crippen LogP contribution in [0.1, 0.15) is 20.8 Å². The summed E-state index contributed by atoms with van der Waals surface area (Å²) in [6.45, 7) is 9.66. The second kappa shape index (κ2) is 6.33. The first-order valence-corrected chi connectivity index (χ1v) is 4.21. The minimum Gasteiger partial charge on any atom is -0.501 e. The van der Waals surface area contributed by atoms with Crippen LogP contribution in [0.3, 0.4) is 0 Å². The molecule has 0 aliphatic carbocycles. The molecule has 1 unspecified atom stereocenters. The Morgan fingerprint density at radius 2 is 2.23 bits per heavy atom. The molecule has 2 heteroatoms. The van der Waals surface area contributed by atoms with E-state index in [1.54, 1.807) is 13.8 Å². The highest BCUT2D eigenvalue weighted by Gasteiger charge is 2.00. The normalized spacial score (nSPS) is 12.8. The molecule has 0 heterocycles. The van der Waals surface area contributed by atoms with Crippen LogP contribution in [0.5, 0.6) is 0 Å². The lowest BCUT2D eigenvalue weighted by Gasteiger charge is -2.03. The van der Waals surface area contributed by atoms with Crippen LogP contribution < -0.4 is 0 Å². The van der Waals surface area contributed by atoms with Gasteiger partial charge >= 0.3 is 0 Å². The van der Waals surface area contributed by atoms with E-state index in [4.69, 9.17) is 4.74 Å². The topological polar surface area (TPSA) is 29.5 Å². The molecule has 0 aromatic heterocycles. The summed E-state index contributed by atoms with van der Waals surface area (Å²) in [5, 5.41) is 9.43. The maximum absolute atomic E-state index is 9.43. The maximum Gasteiger partial charge on any atom is 0.139 e. The molecule has 0 bridgehead atoms. The third-order valence-corrected chi connectivity index (χ3v) is 1.29. The van der Waals surface area contributed by atoms with Gasteiger partial charge in [-0.05, 0) is 26.3 Å². The number of allylic oxidation sites excluding steroid dienone is 1. The number of aliphatic hydroxyl groups is 1. The van der Waals surface area contributed by atoms with Crippen LogP contribution in [0.4, 0.5) is 0 Å². The van der Waals surface area contributed by atoms with Gasteiger partial charge in [-0.1, -0.05) is 18.4 Å². The Morgan fingerprint density at radius 3 is 2.69 bits per heavy atom. The minimum absolute atomic E-state index is 0.595. The Labute approximate surface area is 79.9 Å². The fourth-order valence-corrected chi connectivity index (χ4v) is 0.585. The summed E-state index contributed by atoms with van der Waals surface area (Å²) >= 11 is 0.